The Balaban J connectivity index is 1.63. The summed E-state index contributed by atoms with van der Waals surface area (Å²) in [5.41, 5.74) is 1.27. The van der Waals surface area contributed by atoms with Crippen LogP contribution in [0.2, 0.25) is 0 Å². The lowest BCUT2D eigenvalue weighted by Gasteiger charge is -2.29. The largest absolute Gasteiger partial charge is 0.486 e. The second-order valence-corrected chi connectivity index (χ2v) is 9.02. The van der Waals surface area contributed by atoms with Gasteiger partial charge in [0.2, 0.25) is 0 Å². The Morgan fingerprint density at radius 3 is 2.50 bits per heavy atom. The van der Waals surface area contributed by atoms with E-state index in [-0.39, 0.29) is 17.2 Å². The lowest BCUT2D eigenvalue weighted by atomic mass is 10.1. The molecule has 2 heterocycles. The molecule has 0 saturated heterocycles. The van der Waals surface area contributed by atoms with Crippen LogP contribution in [0.5, 0.6) is 11.5 Å². The minimum Gasteiger partial charge on any atom is -0.486 e. The molecule has 0 aliphatic carbocycles. The van der Waals surface area contributed by atoms with Crippen molar-refractivity contribution in [3.05, 3.63) is 59.3 Å². The van der Waals surface area contributed by atoms with Crippen LogP contribution in [0.4, 0.5) is 0 Å². The molecule has 1 amide bonds. The summed E-state index contributed by atoms with van der Waals surface area (Å²) < 4.78 is 38.0. The van der Waals surface area contributed by atoms with E-state index in [0.29, 0.717) is 36.7 Å². The van der Waals surface area contributed by atoms with Gasteiger partial charge < -0.3 is 19.9 Å². The van der Waals surface area contributed by atoms with Gasteiger partial charge in [-0.3, -0.25) is 9.10 Å². The number of rotatable bonds is 5. The minimum atomic E-state index is -3.94. The molecule has 2 aromatic rings. The van der Waals surface area contributed by atoms with Crippen molar-refractivity contribution < 1.29 is 27.8 Å². The van der Waals surface area contributed by atoms with Gasteiger partial charge in [0.05, 0.1) is 17.5 Å². The number of carbonyl (C=O) groups excluding carboxylic acids is 1. The van der Waals surface area contributed by atoms with E-state index in [0.717, 1.165) is 9.87 Å². The molecule has 0 unspecified atom stereocenters. The van der Waals surface area contributed by atoms with Crippen molar-refractivity contribution in [1.82, 2.24) is 9.62 Å². The molecule has 158 valence electrons. The van der Waals surface area contributed by atoms with Crippen LogP contribution in [-0.4, -0.2) is 56.6 Å². The Bertz CT molecular complexity index is 1100. The van der Waals surface area contributed by atoms with Crippen molar-refractivity contribution in [1.29, 1.82) is 0 Å². The fourth-order valence-corrected chi connectivity index (χ4v) is 4.83. The van der Waals surface area contributed by atoms with E-state index in [9.17, 15) is 18.3 Å². The van der Waals surface area contributed by atoms with Crippen LogP contribution < -0.4 is 14.8 Å². The fraction of sp³-hybridized carbons (Fsp3) is 0.286. The summed E-state index contributed by atoms with van der Waals surface area (Å²) in [5, 5.41) is 12.4. The maximum Gasteiger partial charge on any atom is 0.268 e. The Kier molecular flexibility index (Phi) is 5.40. The van der Waals surface area contributed by atoms with E-state index in [1.165, 1.54) is 19.2 Å². The average molecular weight is 430 g/mol. The van der Waals surface area contributed by atoms with Gasteiger partial charge in [0.15, 0.2) is 11.5 Å². The van der Waals surface area contributed by atoms with Gasteiger partial charge in [-0.15, -0.1) is 0 Å². The van der Waals surface area contributed by atoms with E-state index in [4.69, 9.17) is 9.47 Å². The van der Waals surface area contributed by atoms with Gasteiger partial charge in [0.25, 0.3) is 15.9 Å². The first-order chi connectivity index (χ1) is 14.4. The Morgan fingerprint density at radius 1 is 1.17 bits per heavy atom. The number of ether oxygens (including phenoxy) is 2. The van der Waals surface area contributed by atoms with Crippen LogP contribution in [-0.2, 0) is 21.2 Å². The monoisotopic (exact) mass is 430 g/mol. The highest BCUT2D eigenvalue weighted by Gasteiger charge is 2.35. The molecule has 8 nitrogen and oxygen atoms in total. The van der Waals surface area contributed by atoms with Crippen molar-refractivity contribution in [2.45, 2.75) is 17.4 Å². The van der Waals surface area contributed by atoms with Crippen molar-refractivity contribution in [3.8, 4) is 11.5 Å². The number of likely N-dealkylation sites (N-methyl/N-ethyl adjacent to an activating group) is 1. The van der Waals surface area contributed by atoms with Crippen LogP contribution in [0.1, 0.15) is 11.1 Å². The van der Waals surface area contributed by atoms with Crippen LogP contribution in [0, 0.1) is 0 Å². The van der Waals surface area contributed by atoms with Gasteiger partial charge in [-0.05, 0) is 24.1 Å². The summed E-state index contributed by atoms with van der Waals surface area (Å²) in [6, 6.07) is 11.9. The molecule has 0 bridgehead atoms. The van der Waals surface area contributed by atoms with E-state index >= 15 is 0 Å². The number of aliphatic hydroxyl groups excluding tert-OH is 1. The number of nitrogens with one attached hydrogen (secondary N) is 1. The van der Waals surface area contributed by atoms with E-state index in [2.05, 4.69) is 5.32 Å². The third kappa shape index (κ3) is 3.73. The topological polar surface area (TPSA) is 105 Å². The molecule has 0 spiro atoms. The highest BCUT2D eigenvalue weighted by Crippen LogP contribution is 2.39. The molecule has 0 saturated carbocycles. The van der Waals surface area contributed by atoms with Crippen LogP contribution in [0.3, 0.4) is 0 Å². The smallest absolute Gasteiger partial charge is 0.268 e. The van der Waals surface area contributed by atoms with Gasteiger partial charge in [-0.2, -0.15) is 0 Å². The van der Waals surface area contributed by atoms with Crippen molar-refractivity contribution in [2.75, 3.05) is 26.9 Å². The van der Waals surface area contributed by atoms with Gasteiger partial charge in [-0.25, -0.2) is 8.42 Å². The Hall–Kier alpha value is -3.04. The normalized spacial score (nSPS) is 17.5. The molecule has 0 aromatic heterocycles. The Morgan fingerprint density at radius 2 is 1.83 bits per heavy atom. The molecule has 30 heavy (non-hydrogen) atoms. The third-order valence-electron chi connectivity index (χ3n) is 5.06. The summed E-state index contributed by atoms with van der Waals surface area (Å²) >= 11 is 0. The summed E-state index contributed by atoms with van der Waals surface area (Å²) in [6.07, 6.45) is 1.92. The van der Waals surface area contributed by atoms with Crippen LogP contribution in [0.15, 0.2) is 53.1 Å². The van der Waals surface area contributed by atoms with Gasteiger partial charge in [0, 0.05) is 18.7 Å². The maximum absolute atomic E-state index is 13.0. The zero-order valence-electron chi connectivity index (χ0n) is 16.4. The highest BCUT2D eigenvalue weighted by atomic mass is 32.2. The predicted octanol–water partition coefficient (Wildman–Crippen LogP) is 1.15. The number of carbonyl (C=O) groups is 1. The summed E-state index contributed by atoms with van der Waals surface area (Å²) in [5.74, 6) is 0.214. The lowest BCUT2D eigenvalue weighted by molar-refractivity contribution is -0.119. The van der Waals surface area contributed by atoms with E-state index in [1.807, 2.05) is 30.3 Å². The molecule has 9 heteroatoms. The average Bonchev–Trinajstić information content (AvgIpc) is 2.75. The lowest BCUT2D eigenvalue weighted by Crippen LogP contribution is -2.44. The van der Waals surface area contributed by atoms with Crippen molar-refractivity contribution in [3.63, 3.8) is 0 Å². The third-order valence-corrected chi connectivity index (χ3v) is 6.88. The van der Waals surface area contributed by atoms with Crippen molar-refractivity contribution in [2.24, 2.45) is 0 Å². The standard InChI is InChI=1S/C21H22N2O6S/c1-23-17(21(25)22-16(13-24)9-14-5-3-2-4-6-14)10-15-11-18-19(29-8-7-28-18)12-20(15)30(23,26)27/h2-6,10-12,16,24H,7-9,13H2,1H3,(H,22,25)/t16-/m0/s1. The van der Waals surface area contributed by atoms with Crippen molar-refractivity contribution >= 4 is 22.0 Å². The number of benzene rings is 2. The van der Waals surface area contributed by atoms with Gasteiger partial charge in [0.1, 0.15) is 18.9 Å². The zero-order valence-corrected chi connectivity index (χ0v) is 17.2. The number of fused-ring (bicyclic) bond motifs is 2. The Labute approximate surface area is 174 Å². The first-order valence-electron chi connectivity index (χ1n) is 9.50. The van der Waals surface area contributed by atoms with E-state index in [1.54, 1.807) is 6.07 Å². The number of aliphatic hydroxyl groups is 1. The molecular formula is C21H22N2O6S. The number of hydrogen-bond donors (Lipinski definition) is 2. The first kappa shape index (κ1) is 20.2. The van der Waals surface area contributed by atoms with E-state index < -0.39 is 22.0 Å². The molecule has 2 aromatic carbocycles. The second kappa shape index (κ2) is 8.00. The van der Waals surface area contributed by atoms with Crippen LogP contribution in [0.25, 0.3) is 6.08 Å². The molecule has 1 atom stereocenters. The zero-order chi connectivity index (χ0) is 21.3. The van der Waals surface area contributed by atoms with Gasteiger partial charge in [-0.1, -0.05) is 30.3 Å². The fourth-order valence-electron chi connectivity index (χ4n) is 3.46. The number of sulfonamides is 1. The SMILES string of the molecule is CN1C(C(=O)N[C@H](CO)Cc2ccccc2)=Cc2cc3c(cc2S1(=O)=O)OCCO3. The molecule has 4 rings (SSSR count). The number of amides is 1. The molecule has 0 radical (unpaired) electrons. The predicted molar refractivity (Wildman–Crippen MR) is 110 cm³/mol. The number of hydrogen-bond acceptors (Lipinski definition) is 6. The molecule has 2 aliphatic rings. The summed E-state index contributed by atoms with van der Waals surface area (Å²) in [7, 11) is -2.62. The first-order valence-corrected chi connectivity index (χ1v) is 10.9. The van der Waals surface area contributed by atoms with Gasteiger partial charge >= 0.3 is 0 Å². The molecule has 2 aliphatic heterocycles. The molecular weight excluding hydrogens is 408 g/mol. The highest BCUT2D eigenvalue weighted by molar-refractivity contribution is 7.89. The number of nitrogens with zero attached hydrogens (tertiary/aromatic N) is 1. The summed E-state index contributed by atoms with van der Waals surface area (Å²) in [4.78, 5) is 13.0. The quantitative estimate of drug-likeness (QED) is 0.737. The minimum absolute atomic E-state index is 0.0364. The maximum atomic E-state index is 13.0. The summed E-state index contributed by atoms with van der Waals surface area (Å²) in [6.45, 7) is 0.432. The van der Waals surface area contributed by atoms with Crippen LogP contribution >= 0.6 is 0 Å². The molecule has 2 N–H and O–H groups in total. The second-order valence-electron chi connectivity index (χ2n) is 7.08. The molecule has 0 fully saturated rings.